The molecule has 4 atom stereocenters. The molecular weight excluding hydrogens is 274 g/mol. The molecule has 0 aromatic rings. The van der Waals surface area contributed by atoms with Crippen molar-refractivity contribution in [2.24, 2.45) is 17.8 Å². The summed E-state index contributed by atoms with van der Waals surface area (Å²) in [5.41, 5.74) is 0. The van der Waals surface area contributed by atoms with Crippen LogP contribution in [0.5, 0.6) is 0 Å². The molecule has 1 saturated heterocycles. The molecule has 0 aromatic carbocycles. The summed E-state index contributed by atoms with van der Waals surface area (Å²) in [6.45, 7) is 2.81. The average Bonchev–Trinajstić information content (AvgIpc) is 2.94. The van der Waals surface area contributed by atoms with Crippen LogP contribution in [0.15, 0.2) is 0 Å². The van der Waals surface area contributed by atoms with E-state index in [9.17, 15) is 0 Å². The normalized spacial score (nSPS) is 42.2. The summed E-state index contributed by atoms with van der Waals surface area (Å²) < 4.78 is 0. The van der Waals surface area contributed by atoms with Gasteiger partial charge < -0.3 is 4.90 Å². The van der Waals surface area contributed by atoms with E-state index >= 15 is 0 Å². The largest absolute Gasteiger partial charge is 0.300 e. The monoisotopic (exact) mass is 299 g/mol. The van der Waals surface area contributed by atoms with Crippen molar-refractivity contribution < 1.29 is 0 Å². The van der Waals surface area contributed by atoms with Crippen LogP contribution in [0.3, 0.4) is 0 Å². The van der Waals surface area contributed by atoms with Crippen molar-refractivity contribution in [2.75, 3.05) is 18.4 Å². The van der Waals surface area contributed by atoms with Crippen molar-refractivity contribution in [2.45, 2.75) is 57.4 Å². The van der Waals surface area contributed by atoms with Gasteiger partial charge in [0.25, 0.3) is 0 Å². The molecule has 0 amide bonds. The maximum absolute atomic E-state index is 3.63. The minimum absolute atomic E-state index is 0.891. The zero-order valence-corrected chi connectivity index (χ0v) is 12.5. The number of alkyl halides is 1. The predicted octanol–water partition coefficient (Wildman–Crippen LogP) is 4.06. The summed E-state index contributed by atoms with van der Waals surface area (Å²) in [4.78, 5) is 2.84. The highest BCUT2D eigenvalue weighted by Crippen LogP contribution is 2.48. The van der Waals surface area contributed by atoms with Crippen molar-refractivity contribution in [1.82, 2.24) is 4.90 Å². The molecule has 0 N–H and O–H groups in total. The molecule has 98 valence electrons. The van der Waals surface area contributed by atoms with Crippen LogP contribution in [0, 0.1) is 17.8 Å². The quantitative estimate of drug-likeness (QED) is 0.708. The Labute approximate surface area is 114 Å². The Hall–Kier alpha value is 0.440. The number of piperidine rings is 1. The highest BCUT2D eigenvalue weighted by atomic mass is 79.9. The van der Waals surface area contributed by atoms with Crippen LogP contribution < -0.4 is 0 Å². The molecule has 17 heavy (non-hydrogen) atoms. The maximum atomic E-state index is 3.63. The van der Waals surface area contributed by atoms with E-state index in [0.29, 0.717) is 0 Å². The second-order valence-electron chi connectivity index (χ2n) is 6.56. The standard InChI is InChI=1S/C15H26BrN/c16-7-6-15-3-1-2-8-17(15)11-14-10-12-4-5-13(14)9-12/h12-15H,1-11H2. The minimum atomic E-state index is 0.891. The summed E-state index contributed by atoms with van der Waals surface area (Å²) >= 11 is 3.63. The number of halogens is 1. The van der Waals surface area contributed by atoms with Gasteiger partial charge in [-0.15, -0.1) is 0 Å². The smallest absolute Gasteiger partial charge is 0.0103 e. The van der Waals surface area contributed by atoms with E-state index in [-0.39, 0.29) is 0 Å². The number of likely N-dealkylation sites (tertiary alicyclic amines) is 1. The molecule has 0 radical (unpaired) electrons. The Morgan fingerprint density at radius 3 is 2.71 bits per heavy atom. The van der Waals surface area contributed by atoms with Gasteiger partial charge in [-0.05, 0) is 62.8 Å². The zero-order chi connectivity index (χ0) is 11.7. The van der Waals surface area contributed by atoms with E-state index < -0.39 is 0 Å². The number of fused-ring (bicyclic) bond motifs is 2. The van der Waals surface area contributed by atoms with Crippen molar-refractivity contribution >= 4 is 15.9 Å². The second kappa shape index (κ2) is 5.61. The summed E-state index contributed by atoms with van der Waals surface area (Å²) in [7, 11) is 0. The number of hydrogen-bond donors (Lipinski definition) is 0. The number of nitrogens with zero attached hydrogens (tertiary/aromatic N) is 1. The summed E-state index contributed by atoms with van der Waals surface area (Å²) in [6.07, 6.45) is 11.9. The Bertz CT molecular complexity index is 253. The lowest BCUT2D eigenvalue weighted by atomic mass is 9.87. The minimum Gasteiger partial charge on any atom is -0.300 e. The van der Waals surface area contributed by atoms with Gasteiger partial charge in [0.1, 0.15) is 0 Å². The predicted molar refractivity (Wildman–Crippen MR) is 76.6 cm³/mol. The van der Waals surface area contributed by atoms with Crippen LogP contribution in [0.1, 0.15) is 51.4 Å². The van der Waals surface area contributed by atoms with Crippen molar-refractivity contribution in [3.63, 3.8) is 0 Å². The molecule has 2 saturated carbocycles. The molecule has 3 aliphatic rings. The van der Waals surface area contributed by atoms with Gasteiger partial charge >= 0.3 is 0 Å². The molecule has 3 fully saturated rings. The van der Waals surface area contributed by atoms with Crippen LogP contribution in [-0.4, -0.2) is 29.4 Å². The third-order valence-electron chi connectivity index (χ3n) is 5.54. The van der Waals surface area contributed by atoms with Crippen LogP contribution in [0.4, 0.5) is 0 Å². The van der Waals surface area contributed by atoms with E-state index in [0.717, 1.165) is 23.8 Å². The topological polar surface area (TPSA) is 3.24 Å². The van der Waals surface area contributed by atoms with Crippen LogP contribution in [-0.2, 0) is 0 Å². The van der Waals surface area contributed by atoms with Crippen molar-refractivity contribution in [3.05, 3.63) is 0 Å². The highest BCUT2D eigenvalue weighted by Gasteiger charge is 2.40. The van der Waals surface area contributed by atoms with Crippen LogP contribution in [0.2, 0.25) is 0 Å². The molecule has 1 heterocycles. The molecule has 0 spiro atoms. The van der Waals surface area contributed by atoms with Gasteiger partial charge in [-0.3, -0.25) is 0 Å². The van der Waals surface area contributed by atoms with Crippen molar-refractivity contribution in [1.29, 1.82) is 0 Å². The highest BCUT2D eigenvalue weighted by molar-refractivity contribution is 9.09. The first-order valence-corrected chi connectivity index (χ1v) is 8.79. The van der Waals surface area contributed by atoms with E-state index in [1.807, 2.05) is 0 Å². The van der Waals surface area contributed by atoms with Gasteiger partial charge in [0.2, 0.25) is 0 Å². The first-order chi connectivity index (χ1) is 8.36. The van der Waals surface area contributed by atoms with E-state index in [4.69, 9.17) is 0 Å². The molecule has 2 bridgehead atoms. The van der Waals surface area contributed by atoms with Gasteiger partial charge in [-0.25, -0.2) is 0 Å². The first kappa shape index (κ1) is 12.5. The maximum Gasteiger partial charge on any atom is 0.0103 e. The molecule has 3 rings (SSSR count). The molecule has 1 aliphatic heterocycles. The fourth-order valence-electron chi connectivity index (χ4n) is 4.65. The summed E-state index contributed by atoms with van der Waals surface area (Å²) in [6, 6.07) is 0.891. The molecule has 1 nitrogen and oxygen atoms in total. The number of hydrogen-bond acceptors (Lipinski definition) is 1. The lowest BCUT2D eigenvalue weighted by molar-refractivity contribution is 0.106. The Morgan fingerprint density at radius 1 is 1.06 bits per heavy atom. The van der Waals surface area contributed by atoms with Crippen LogP contribution >= 0.6 is 15.9 Å². The molecule has 2 aliphatic carbocycles. The fourth-order valence-corrected chi connectivity index (χ4v) is 5.18. The fraction of sp³-hybridized carbons (Fsp3) is 1.00. The summed E-state index contributed by atoms with van der Waals surface area (Å²) in [5.74, 6) is 3.28. The third kappa shape index (κ3) is 2.73. The Morgan fingerprint density at radius 2 is 2.00 bits per heavy atom. The SMILES string of the molecule is BrCCC1CCCCN1CC1CC2CCC1C2. The lowest BCUT2D eigenvalue weighted by Gasteiger charge is -2.38. The molecular formula is C15H26BrN. The zero-order valence-electron chi connectivity index (χ0n) is 10.9. The lowest BCUT2D eigenvalue weighted by Crippen LogP contribution is -2.43. The Balaban J connectivity index is 1.55. The van der Waals surface area contributed by atoms with E-state index in [1.165, 1.54) is 44.1 Å². The first-order valence-electron chi connectivity index (χ1n) is 7.67. The van der Waals surface area contributed by atoms with E-state index in [1.54, 1.807) is 25.7 Å². The molecule has 4 unspecified atom stereocenters. The third-order valence-corrected chi connectivity index (χ3v) is 6.00. The van der Waals surface area contributed by atoms with Gasteiger partial charge in [-0.1, -0.05) is 28.8 Å². The second-order valence-corrected chi connectivity index (χ2v) is 7.35. The number of rotatable bonds is 4. The van der Waals surface area contributed by atoms with Crippen LogP contribution in [0.25, 0.3) is 0 Å². The van der Waals surface area contributed by atoms with Gasteiger partial charge in [-0.2, -0.15) is 0 Å². The van der Waals surface area contributed by atoms with Crippen molar-refractivity contribution in [3.8, 4) is 0 Å². The average molecular weight is 300 g/mol. The van der Waals surface area contributed by atoms with E-state index in [2.05, 4.69) is 20.8 Å². The van der Waals surface area contributed by atoms with Gasteiger partial charge in [0.15, 0.2) is 0 Å². The van der Waals surface area contributed by atoms with Gasteiger partial charge in [0.05, 0.1) is 0 Å². The summed E-state index contributed by atoms with van der Waals surface area (Å²) in [5, 5.41) is 1.19. The Kier molecular flexibility index (Phi) is 4.11. The molecule has 2 heteroatoms. The van der Waals surface area contributed by atoms with Gasteiger partial charge in [0, 0.05) is 17.9 Å². The molecule has 0 aromatic heterocycles.